The molecule has 2 aliphatic carbocycles. The van der Waals surface area contributed by atoms with Crippen molar-refractivity contribution in [3.8, 4) is 0 Å². The molecule has 5 unspecified atom stereocenters. The van der Waals surface area contributed by atoms with E-state index in [1.807, 2.05) is 0 Å². The lowest BCUT2D eigenvalue weighted by atomic mass is 9.73. The molecule has 0 aromatic heterocycles. The smallest absolute Gasteiger partial charge is 0.0543 e. The van der Waals surface area contributed by atoms with Crippen molar-refractivity contribution in [2.45, 2.75) is 76.9 Å². The minimum atomic E-state index is -0.0480. The molecule has 0 radical (unpaired) electrons. The van der Waals surface area contributed by atoms with Crippen LogP contribution in [0, 0.1) is 17.8 Å². The van der Waals surface area contributed by atoms with Crippen LogP contribution in [0.5, 0.6) is 0 Å². The molecule has 0 heterocycles. The molecule has 100 valence electrons. The fourth-order valence-electron chi connectivity index (χ4n) is 3.91. The first-order chi connectivity index (χ1) is 8.15. The Morgan fingerprint density at radius 2 is 1.59 bits per heavy atom. The standard InChI is InChI=1S/C15H28O2/c1-11(13-5-3-7-15(17)10-13)8-12-4-2-6-14(16)9-12/h11-17H,2-10H2,1H3. The van der Waals surface area contributed by atoms with E-state index in [4.69, 9.17) is 0 Å². The van der Waals surface area contributed by atoms with Crippen molar-refractivity contribution >= 4 is 0 Å². The molecule has 0 aromatic carbocycles. The van der Waals surface area contributed by atoms with Crippen molar-refractivity contribution in [1.29, 1.82) is 0 Å². The lowest BCUT2D eigenvalue weighted by Gasteiger charge is -2.34. The van der Waals surface area contributed by atoms with E-state index < -0.39 is 0 Å². The van der Waals surface area contributed by atoms with Gasteiger partial charge in [-0.15, -0.1) is 0 Å². The highest BCUT2D eigenvalue weighted by molar-refractivity contribution is 4.80. The van der Waals surface area contributed by atoms with Gasteiger partial charge in [0.1, 0.15) is 0 Å². The van der Waals surface area contributed by atoms with Crippen molar-refractivity contribution in [3.63, 3.8) is 0 Å². The molecule has 0 aliphatic heterocycles. The Kier molecular flexibility index (Phi) is 4.87. The van der Waals surface area contributed by atoms with E-state index in [0.29, 0.717) is 0 Å². The van der Waals surface area contributed by atoms with Crippen molar-refractivity contribution in [2.24, 2.45) is 17.8 Å². The zero-order valence-electron chi connectivity index (χ0n) is 11.1. The molecule has 0 amide bonds. The quantitative estimate of drug-likeness (QED) is 0.795. The van der Waals surface area contributed by atoms with Gasteiger partial charge < -0.3 is 10.2 Å². The molecule has 0 bridgehead atoms. The fourth-order valence-corrected chi connectivity index (χ4v) is 3.91. The van der Waals surface area contributed by atoms with E-state index in [1.165, 1.54) is 32.1 Å². The zero-order valence-corrected chi connectivity index (χ0v) is 11.1. The summed E-state index contributed by atoms with van der Waals surface area (Å²) in [5.41, 5.74) is 0. The zero-order chi connectivity index (χ0) is 12.3. The molecular weight excluding hydrogens is 212 g/mol. The van der Waals surface area contributed by atoms with Crippen LogP contribution in [0.15, 0.2) is 0 Å². The van der Waals surface area contributed by atoms with Crippen LogP contribution in [0.3, 0.4) is 0 Å². The summed E-state index contributed by atoms with van der Waals surface area (Å²) in [7, 11) is 0. The van der Waals surface area contributed by atoms with Gasteiger partial charge in [-0.2, -0.15) is 0 Å². The van der Waals surface area contributed by atoms with Crippen LogP contribution >= 0.6 is 0 Å². The number of aliphatic hydroxyl groups excluding tert-OH is 2. The van der Waals surface area contributed by atoms with E-state index in [-0.39, 0.29) is 12.2 Å². The Morgan fingerprint density at radius 3 is 2.24 bits per heavy atom. The summed E-state index contributed by atoms with van der Waals surface area (Å²) in [5, 5.41) is 19.4. The first-order valence-electron chi connectivity index (χ1n) is 7.51. The number of rotatable bonds is 3. The van der Waals surface area contributed by atoms with Crippen LogP contribution < -0.4 is 0 Å². The van der Waals surface area contributed by atoms with Crippen LogP contribution in [0.4, 0.5) is 0 Å². The van der Waals surface area contributed by atoms with E-state index >= 15 is 0 Å². The van der Waals surface area contributed by atoms with Crippen molar-refractivity contribution in [3.05, 3.63) is 0 Å². The highest BCUT2D eigenvalue weighted by atomic mass is 16.3. The molecule has 2 N–H and O–H groups in total. The molecule has 0 spiro atoms. The summed E-state index contributed by atoms with van der Waals surface area (Å²) in [6.07, 6.45) is 10.2. The molecule has 2 rings (SSSR count). The summed E-state index contributed by atoms with van der Waals surface area (Å²) in [6.45, 7) is 2.35. The fraction of sp³-hybridized carbons (Fsp3) is 1.00. The van der Waals surface area contributed by atoms with Gasteiger partial charge in [-0.05, 0) is 49.9 Å². The maximum atomic E-state index is 9.74. The molecule has 5 atom stereocenters. The lowest BCUT2D eigenvalue weighted by Crippen LogP contribution is -2.27. The number of hydrogen-bond acceptors (Lipinski definition) is 2. The predicted octanol–water partition coefficient (Wildman–Crippen LogP) is 3.11. The van der Waals surface area contributed by atoms with Crippen molar-refractivity contribution < 1.29 is 10.2 Å². The second-order valence-electron chi connectivity index (χ2n) is 6.48. The Hall–Kier alpha value is -0.0800. The third kappa shape index (κ3) is 3.96. The maximum Gasteiger partial charge on any atom is 0.0543 e. The molecule has 2 fully saturated rings. The normalized spacial score (nSPS) is 41.1. The highest BCUT2D eigenvalue weighted by Gasteiger charge is 2.28. The Labute approximate surface area is 105 Å². The third-order valence-corrected chi connectivity index (χ3v) is 4.95. The average molecular weight is 240 g/mol. The average Bonchev–Trinajstić information content (AvgIpc) is 2.29. The summed E-state index contributed by atoms with van der Waals surface area (Å²) >= 11 is 0. The van der Waals surface area contributed by atoms with Gasteiger partial charge in [-0.25, -0.2) is 0 Å². The van der Waals surface area contributed by atoms with E-state index in [2.05, 4.69) is 6.92 Å². The Morgan fingerprint density at radius 1 is 0.941 bits per heavy atom. The molecular formula is C15H28O2. The first-order valence-corrected chi connectivity index (χ1v) is 7.51. The Bertz CT molecular complexity index is 229. The van der Waals surface area contributed by atoms with Gasteiger partial charge in [0.2, 0.25) is 0 Å². The SMILES string of the molecule is CC(CC1CCCC(O)C1)C1CCCC(O)C1. The van der Waals surface area contributed by atoms with Crippen LogP contribution in [0.25, 0.3) is 0 Å². The summed E-state index contributed by atoms with van der Waals surface area (Å²) in [5.74, 6) is 2.17. The van der Waals surface area contributed by atoms with E-state index in [0.717, 1.165) is 43.4 Å². The van der Waals surface area contributed by atoms with Crippen molar-refractivity contribution in [2.75, 3.05) is 0 Å². The van der Waals surface area contributed by atoms with Crippen LogP contribution in [-0.4, -0.2) is 22.4 Å². The summed E-state index contributed by atoms with van der Waals surface area (Å²) in [6, 6.07) is 0. The number of aliphatic hydroxyl groups is 2. The van der Waals surface area contributed by atoms with Crippen molar-refractivity contribution in [1.82, 2.24) is 0 Å². The monoisotopic (exact) mass is 240 g/mol. The minimum absolute atomic E-state index is 0.0436. The molecule has 2 saturated carbocycles. The number of hydrogen-bond donors (Lipinski definition) is 2. The minimum Gasteiger partial charge on any atom is -0.393 e. The lowest BCUT2D eigenvalue weighted by molar-refractivity contribution is 0.0614. The molecule has 17 heavy (non-hydrogen) atoms. The summed E-state index contributed by atoms with van der Waals surface area (Å²) < 4.78 is 0. The summed E-state index contributed by atoms with van der Waals surface area (Å²) in [4.78, 5) is 0. The van der Waals surface area contributed by atoms with Crippen LogP contribution in [-0.2, 0) is 0 Å². The van der Waals surface area contributed by atoms with E-state index in [9.17, 15) is 10.2 Å². The van der Waals surface area contributed by atoms with Gasteiger partial charge in [0.05, 0.1) is 12.2 Å². The van der Waals surface area contributed by atoms with Crippen LogP contribution in [0.2, 0.25) is 0 Å². The molecule has 2 aliphatic rings. The first kappa shape index (κ1) is 13.4. The van der Waals surface area contributed by atoms with Gasteiger partial charge in [-0.1, -0.05) is 32.6 Å². The Balaban J connectivity index is 1.77. The van der Waals surface area contributed by atoms with Gasteiger partial charge in [-0.3, -0.25) is 0 Å². The highest BCUT2D eigenvalue weighted by Crippen LogP contribution is 2.36. The van der Waals surface area contributed by atoms with Gasteiger partial charge in [0.15, 0.2) is 0 Å². The van der Waals surface area contributed by atoms with Gasteiger partial charge in [0.25, 0.3) is 0 Å². The van der Waals surface area contributed by atoms with Gasteiger partial charge in [0, 0.05) is 0 Å². The topological polar surface area (TPSA) is 40.5 Å². The molecule has 2 nitrogen and oxygen atoms in total. The van der Waals surface area contributed by atoms with E-state index in [1.54, 1.807) is 0 Å². The second kappa shape index (κ2) is 6.19. The molecule has 2 heteroatoms. The second-order valence-corrected chi connectivity index (χ2v) is 6.48. The third-order valence-electron chi connectivity index (χ3n) is 4.95. The maximum absolute atomic E-state index is 9.74. The largest absolute Gasteiger partial charge is 0.393 e. The predicted molar refractivity (Wildman–Crippen MR) is 69.7 cm³/mol. The van der Waals surface area contributed by atoms with Gasteiger partial charge >= 0.3 is 0 Å². The van der Waals surface area contributed by atoms with Crippen LogP contribution in [0.1, 0.15) is 64.7 Å². The molecule has 0 saturated heterocycles. The molecule has 0 aromatic rings.